The Kier molecular flexibility index (Phi) is 5.10. The van der Waals surface area contributed by atoms with E-state index in [1.54, 1.807) is 17.3 Å². The van der Waals surface area contributed by atoms with Crippen molar-refractivity contribution in [2.24, 2.45) is 5.41 Å². The number of piperazine rings is 1. The lowest BCUT2D eigenvalue weighted by atomic mass is 9.92. The van der Waals surface area contributed by atoms with Crippen molar-refractivity contribution in [1.82, 2.24) is 25.0 Å². The Morgan fingerprint density at radius 2 is 1.71 bits per heavy atom. The molecule has 1 aliphatic rings. The second-order valence-electron chi connectivity index (χ2n) is 8.34. The van der Waals surface area contributed by atoms with Crippen molar-refractivity contribution >= 4 is 34.3 Å². The molecule has 2 N–H and O–H groups in total. The predicted molar refractivity (Wildman–Crippen MR) is 104 cm³/mol. The maximum Gasteiger partial charge on any atom is 0.313 e. The van der Waals surface area contributed by atoms with Gasteiger partial charge in [-0.1, -0.05) is 20.8 Å². The van der Waals surface area contributed by atoms with E-state index in [1.807, 2.05) is 34.6 Å². The molecule has 1 saturated heterocycles. The number of carbonyl (C=O) groups excluding carboxylic acids is 3. The van der Waals surface area contributed by atoms with Crippen LogP contribution in [0.2, 0.25) is 0 Å². The lowest BCUT2D eigenvalue weighted by Crippen LogP contribution is -2.62. The Morgan fingerprint density at radius 3 is 2.39 bits per heavy atom. The SMILES string of the molecule is C[C@@H]1CN(C(=O)C(=O)Nc2cncc3[nH]ncc23)[C@@H](C)CN1C(=O)C(C)(C)C. The van der Waals surface area contributed by atoms with Crippen molar-refractivity contribution in [2.75, 3.05) is 18.4 Å². The minimum atomic E-state index is -0.731. The lowest BCUT2D eigenvalue weighted by molar-refractivity contribution is -0.153. The van der Waals surface area contributed by atoms with Gasteiger partial charge in [-0.3, -0.25) is 24.5 Å². The summed E-state index contributed by atoms with van der Waals surface area (Å²) in [7, 11) is 0. The van der Waals surface area contributed by atoms with Gasteiger partial charge in [0, 0.05) is 36.0 Å². The maximum absolute atomic E-state index is 12.8. The van der Waals surface area contributed by atoms with Gasteiger partial charge in [0.1, 0.15) is 0 Å². The number of fused-ring (bicyclic) bond motifs is 1. The van der Waals surface area contributed by atoms with Gasteiger partial charge in [0.2, 0.25) is 5.91 Å². The number of hydrogen-bond donors (Lipinski definition) is 2. The number of hydrogen-bond acceptors (Lipinski definition) is 5. The molecule has 3 heterocycles. The molecule has 3 amide bonds. The first-order chi connectivity index (χ1) is 13.1. The molecule has 150 valence electrons. The van der Waals surface area contributed by atoms with Gasteiger partial charge in [-0.05, 0) is 13.8 Å². The molecule has 3 rings (SSSR count). The average molecular weight is 386 g/mol. The monoisotopic (exact) mass is 386 g/mol. The molecule has 2 aromatic rings. The van der Waals surface area contributed by atoms with E-state index in [0.717, 1.165) is 0 Å². The molecule has 0 bridgehead atoms. The van der Waals surface area contributed by atoms with Crippen LogP contribution >= 0.6 is 0 Å². The van der Waals surface area contributed by atoms with Crippen LogP contribution in [0.15, 0.2) is 18.6 Å². The van der Waals surface area contributed by atoms with E-state index in [4.69, 9.17) is 0 Å². The topological polar surface area (TPSA) is 111 Å². The molecular formula is C19H26N6O3. The number of nitrogens with one attached hydrogen (secondary N) is 2. The highest BCUT2D eigenvalue weighted by Gasteiger charge is 2.39. The van der Waals surface area contributed by atoms with Crippen molar-refractivity contribution in [3.05, 3.63) is 18.6 Å². The molecule has 0 aromatic carbocycles. The Labute approximate surface area is 163 Å². The molecule has 9 nitrogen and oxygen atoms in total. The van der Waals surface area contributed by atoms with E-state index >= 15 is 0 Å². The summed E-state index contributed by atoms with van der Waals surface area (Å²) in [4.78, 5) is 45.3. The van der Waals surface area contributed by atoms with Gasteiger partial charge in [-0.25, -0.2) is 0 Å². The Morgan fingerprint density at radius 1 is 1.07 bits per heavy atom. The molecule has 0 saturated carbocycles. The third kappa shape index (κ3) is 3.69. The second-order valence-corrected chi connectivity index (χ2v) is 8.34. The van der Waals surface area contributed by atoms with Crippen LogP contribution in [0.3, 0.4) is 0 Å². The van der Waals surface area contributed by atoms with Crippen molar-refractivity contribution in [1.29, 1.82) is 0 Å². The summed E-state index contributed by atoms with van der Waals surface area (Å²) in [6.45, 7) is 10.1. The molecule has 2 aromatic heterocycles. The average Bonchev–Trinajstić information content (AvgIpc) is 3.11. The van der Waals surface area contributed by atoms with E-state index in [9.17, 15) is 14.4 Å². The number of rotatable bonds is 1. The zero-order chi connectivity index (χ0) is 20.6. The van der Waals surface area contributed by atoms with E-state index in [2.05, 4.69) is 20.5 Å². The number of nitrogens with zero attached hydrogens (tertiary/aromatic N) is 4. The molecule has 1 fully saturated rings. The fraction of sp³-hybridized carbons (Fsp3) is 0.526. The molecular weight excluding hydrogens is 360 g/mol. The lowest BCUT2D eigenvalue weighted by Gasteiger charge is -2.45. The van der Waals surface area contributed by atoms with Crippen LogP contribution in [0, 0.1) is 5.41 Å². The number of anilines is 1. The van der Waals surface area contributed by atoms with Crippen LogP contribution in [0.5, 0.6) is 0 Å². The highest BCUT2D eigenvalue weighted by atomic mass is 16.2. The number of aromatic amines is 1. The summed E-state index contributed by atoms with van der Waals surface area (Å²) in [5.74, 6) is -1.31. The zero-order valence-corrected chi connectivity index (χ0v) is 16.8. The van der Waals surface area contributed by atoms with Crippen LogP contribution in [-0.4, -0.2) is 67.9 Å². The van der Waals surface area contributed by atoms with E-state index in [0.29, 0.717) is 29.7 Å². The first-order valence-electron chi connectivity index (χ1n) is 9.29. The summed E-state index contributed by atoms with van der Waals surface area (Å²) in [6, 6.07) is -0.428. The molecule has 1 aliphatic heterocycles. The minimum absolute atomic E-state index is 0.0427. The molecule has 0 radical (unpaired) electrons. The summed E-state index contributed by atoms with van der Waals surface area (Å²) < 4.78 is 0. The fourth-order valence-electron chi connectivity index (χ4n) is 3.39. The first kappa shape index (κ1) is 19.8. The smallest absolute Gasteiger partial charge is 0.313 e. The molecule has 28 heavy (non-hydrogen) atoms. The molecule has 9 heteroatoms. The quantitative estimate of drug-likeness (QED) is 0.720. The van der Waals surface area contributed by atoms with Gasteiger partial charge in [0.25, 0.3) is 0 Å². The van der Waals surface area contributed by atoms with E-state index in [-0.39, 0.29) is 18.0 Å². The van der Waals surface area contributed by atoms with Gasteiger partial charge < -0.3 is 15.1 Å². The van der Waals surface area contributed by atoms with Gasteiger partial charge in [-0.2, -0.15) is 5.10 Å². The predicted octanol–water partition coefficient (Wildman–Crippen LogP) is 1.39. The molecule has 0 aliphatic carbocycles. The summed E-state index contributed by atoms with van der Waals surface area (Å²) in [5, 5.41) is 10.00. The fourth-order valence-corrected chi connectivity index (χ4v) is 3.39. The van der Waals surface area contributed by atoms with Gasteiger partial charge >= 0.3 is 11.8 Å². The molecule has 0 spiro atoms. The van der Waals surface area contributed by atoms with Gasteiger partial charge in [0.05, 0.1) is 29.8 Å². The van der Waals surface area contributed by atoms with Crippen molar-refractivity contribution in [3.8, 4) is 0 Å². The van der Waals surface area contributed by atoms with Crippen LogP contribution in [0.4, 0.5) is 5.69 Å². The number of amides is 3. The Bertz CT molecular complexity index is 916. The highest BCUT2D eigenvalue weighted by molar-refractivity contribution is 6.40. The van der Waals surface area contributed by atoms with Crippen LogP contribution < -0.4 is 5.32 Å². The Hall–Kier alpha value is -2.97. The van der Waals surface area contributed by atoms with Crippen molar-refractivity contribution in [2.45, 2.75) is 46.7 Å². The van der Waals surface area contributed by atoms with Crippen LogP contribution in [-0.2, 0) is 14.4 Å². The summed E-state index contributed by atoms with van der Waals surface area (Å²) in [5.41, 5.74) is 0.599. The summed E-state index contributed by atoms with van der Waals surface area (Å²) in [6.07, 6.45) is 4.64. The third-order valence-electron chi connectivity index (χ3n) is 4.96. The number of aromatic nitrogens is 3. The van der Waals surface area contributed by atoms with Crippen LogP contribution in [0.1, 0.15) is 34.6 Å². The number of H-pyrrole nitrogens is 1. The van der Waals surface area contributed by atoms with Gasteiger partial charge in [-0.15, -0.1) is 0 Å². The molecule has 0 unspecified atom stereocenters. The van der Waals surface area contributed by atoms with Crippen LogP contribution in [0.25, 0.3) is 10.9 Å². The largest absolute Gasteiger partial charge is 0.336 e. The van der Waals surface area contributed by atoms with Crippen molar-refractivity contribution in [3.63, 3.8) is 0 Å². The normalized spacial score (nSPS) is 20.3. The molecule has 2 atom stereocenters. The van der Waals surface area contributed by atoms with E-state index in [1.165, 1.54) is 11.1 Å². The maximum atomic E-state index is 12.8. The third-order valence-corrected chi connectivity index (χ3v) is 4.96. The van der Waals surface area contributed by atoms with Gasteiger partial charge in [0.15, 0.2) is 0 Å². The Balaban J connectivity index is 1.71. The summed E-state index contributed by atoms with van der Waals surface area (Å²) >= 11 is 0. The highest BCUT2D eigenvalue weighted by Crippen LogP contribution is 2.24. The second kappa shape index (κ2) is 7.21. The standard InChI is InChI=1S/C19H26N6O3/c1-11-10-25(18(28)19(3,4)5)12(2)9-24(11)17(27)16(26)22-14-7-20-8-15-13(14)6-21-23-15/h6-8,11-12H,9-10H2,1-5H3,(H,21,23)(H,22,26)/t11-,12+/m0/s1. The minimum Gasteiger partial charge on any atom is -0.336 e. The number of pyridine rings is 1. The van der Waals surface area contributed by atoms with E-state index < -0.39 is 17.2 Å². The zero-order valence-electron chi connectivity index (χ0n) is 16.8. The first-order valence-corrected chi connectivity index (χ1v) is 9.29. The van der Waals surface area contributed by atoms with Crippen molar-refractivity contribution < 1.29 is 14.4 Å². The number of carbonyl (C=O) groups is 3.